The Morgan fingerprint density at radius 1 is 1.18 bits per heavy atom. The third kappa shape index (κ3) is 4.43. The number of rotatable bonds is 6. The first kappa shape index (κ1) is 20.5. The monoisotopic (exact) mass is 382 g/mol. The lowest BCUT2D eigenvalue weighted by Crippen LogP contribution is -2.34. The lowest BCUT2D eigenvalue weighted by Gasteiger charge is -2.36. The predicted octanol–water partition coefficient (Wildman–Crippen LogP) is 3.92. The van der Waals surface area contributed by atoms with Crippen LogP contribution in [0.4, 0.5) is 0 Å². The third-order valence-corrected chi connectivity index (χ3v) is 6.34. The van der Waals surface area contributed by atoms with Crippen LogP contribution >= 0.6 is 0 Å². The van der Waals surface area contributed by atoms with Crippen LogP contribution in [-0.4, -0.2) is 37.7 Å². The molecule has 1 fully saturated rings. The molecule has 1 heterocycles. The second-order valence-electron chi connectivity index (χ2n) is 8.34. The average Bonchev–Trinajstić information content (AvgIpc) is 3.14. The van der Waals surface area contributed by atoms with Gasteiger partial charge in [-0.25, -0.2) is 11.6 Å². The van der Waals surface area contributed by atoms with Gasteiger partial charge in [0, 0.05) is 5.56 Å². The van der Waals surface area contributed by atoms with E-state index in [0.29, 0.717) is 35.8 Å². The fourth-order valence-corrected chi connectivity index (χ4v) is 4.56. The smallest absolute Gasteiger partial charge is 0.283 e. The van der Waals surface area contributed by atoms with E-state index in [1.165, 1.54) is 19.3 Å². The molecule has 0 spiro atoms. The molecule has 1 aromatic heterocycles. The Morgan fingerprint density at radius 3 is 2.39 bits per heavy atom. The molecule has 0 aliphatic heterocycles. The molecule has 4 unspecified atom stereocenters. The second kappa shape index (κ2) is 8.85. The van der Waals surface area contributed by atoms with Gasteiger partial charge in [-0.2, -0.15) is 5.10 Å². The quantitative estimate of drug-likeness (QED) is 0.522. The summed E-state index contributed by atoms with van der Waals surface area (Å²) in [7, 11) is 0. The van der Waals surface area contributed by atoms with E-state index >= 15 is 0 Å². The number of hydrogen-bond acceptors (Lipinski definition) is 4. The minimum Gasteiger partial charge on any atom is -0.362 e. The fraction of sp³-hybridized carbons (Fsp3) is 0.591. The molecule has 0 radical (unpaired) electrons. The van der Waals surface area contributed by atoms with Gasteiger partial charge in [-0.1, -0.05) is 62.9 Å². The molecule has 1 aliphatic carbocycles. The largest absolute Gasteiger partial charge is 0.362 e. The van der Waals surface area contributed by atoms with E-state index in [2.05, 4.69) is 33.9 Å². The van der Waals surface area contributed by atoms with E-state index in [1.807, 2.05) is 31.2 Å². The summed E-state index contributed by atoms with van der Waals surface area (Å²) in [5.41, 5.74) is 2.06. The molecular formula is C22H30N4O2. The Bertz CT molecular complexity index is 799. The van der Waals surface area contributed by atoms with Crippen molar-refractivity contribution in [3.05, 3.63) is 47.1 Å². The number of aromatic amines is 1. The van der Waals surface area contributed by atoms with Crippen LogP contribution in [0.5, 0.6) is 0 Å². The summed E-state index contributed by atoms with van der Waals surface area (Å²) in [4.78, 5) is 8.18. The van der Waals surface area contributed by atoms with Gasteiger partial charge in [0.05, 0.1) is 5.92 Å². The third-order valence-electron chi connectivity index (χ3n) is 6.34. The molecule has 0 saturated heterocycles. The van der Waals surface area contributed by atoms with Crippen LogP contribution in [0.25, 0.3) is 16.2 Å². The van der Waals surface area contributed by atoms with E-state index in [0.717, 1.165) is 11.1 Å². The highest BCUT2D eigenvalue weighted by atomic mass is 16.5. The Balaban J connectivity index is 1.91. The van der Waals surface area contributed by atoms with Crippen molar-refractivity contribution in [3.63, 3.8) is 0 Å². The second-order valence-corrected chi connectivity index (χ2v) is 8.34. The summed E-state index contributed by atoms with van der Waals surface area (Å²) in [5.74, 6) is 2.27. The summed E-state index contributed by atoms with van der Waals surface area (Å²) in [5, 5.41) is 27.0. The molecule has 150 valence electrons. The van der Waals surface area contributed by atoms with Crippen molar-refractivity contribution in [2.24, 2.45) is 17.8 Å². The van der Waals surface area contributed by atoms with Crippen molar-refractivity contribution >= 4 is 0 Å². The van der Waals surface area contributed by atoms with Gasteiger partial charge in [0.1, 0.15) is 5.82 Å². The number of nitrogens with one attached hydrogen (secondary N) is 1. The number of aromatic nitrogens is 3. The van der Waals surface area contributed by atoms with Crippen LogP contribution in [0.1, 0.15) is 56.8 Å². The van der Waals surface area contributed by atoms with Crippen molar-refractivity contribution in [1.29, 1.82) is 0 Å². The van der Waals surface area contributed by atoms with E-state index in [4.69, 9.17) is 6.57 Å². The van der Waals surface area contributed by atoms with Crippen LogP contribution in [0, 0.1) is 31.2 Å². The molecule has 1 saturated carbocycles. The minimum absolute atomic E-state index is 0.391. The number of benzene rings is 1. The number of aryl methyl sites for hydroxylation is 1. The maximum absolute atomic E-state index is 9.84. The number of aliphatic hydroxyl groups is 2. The standard InChI is InChI=1S/C22H30N4O2/c1-13-8-10-16(11-9-13)20-24-21(26-25-20)18(19(23-4)22(27)28)12-17-14(2)6-5-7-15(17)3/h8-11,14-15,17-19,22,27-28H,5-7,12H2,1-3H3,(H,24,25,26). The highest BCUT2D eigenvalue weighted by molar-refractivity contribution is 5.54. The maximum atomic E-state index is 9.84. The van der Waals surface area contributed by atoms with Gasteiger partial charge in [0.25, 0.3) is 6.04 Å². The molecule has 1 aromatic carbocycles. The van der Waals surface area contributed by atoms with Gasteiger partial charge in [0.2, 0.25) is 6.29 Å². The Kier molecular flexibility index (Phi) is 6.48. The normalized spacial score (nSPS) is 24.7. The van der Waals surface area contributed by atoms with E-state index < -0.39 is 18.2 Å². The number of hydrogen-bond donors (Lipinski definition) is 3. The Hall–Kier alpha value is -2.23. The van der Waals surface area contributed by atoms with Crippen LogP contribution in [0.2, 0.25) is 0 Å². The first-order valence-corrected chi connectivity index (χ1v) is 10.1. The van der Waals surface area contributed by atoms with Gasteiger partial charge in [-0.05, 0) is 31.1 Å². The van der Waals surface area contributed by atoms with Crippen LogP contribution < -0.4 is 0 Å². The van der Waals surface area contributed by atoms with Crippen molar-refractivity contribution in [3.8, 4) is 11.4 Å². The molecular weight excluding hydrogens is 352 g/mol. The summed E-state index contributed by atoms with van der Waals surface area (Å²) in [6.07, 6.45) is 2.59. The lowest BCUT2D eigenvalue weighted by atomic mass is 9.69. The number of aliphatic hydroxyl groups excluding tert-OH is 1. The first-order valence-electron chi connectivity index (χ1n) is 10.1. The minimum atomic E-state index is -1.70. The van der Waals surface area contributed by atoms with Crippen LogP contribution in [0.3, 0.4) is 0 Å². The summed E-state index contributed by atoms with van der Waals surface area (Å²) < 4.78 is 0. The molecule has 6 nitrogen and oxygen atoms in total. The highest BCUT2D eigenvalue weighted by Gasteiger charge is 2.41. The molecule has 3 N–H and O–H groups in total. The van der Waals surface area contributed by atoms with Crippen LogP contribution in [0.15, 0.2) is 24.3 Å². The zero-order chi connectivity index (χ0) is 20.3. The predicted molar refractivity (Wildman–Crippen MR) is 108 cm³/mol. The molecule has 0 bridgehead atoms. The highest BCUT2D eigenvalue weighted by Crippen LogP contribution is 2.41. The van der Waals surface area contributed by atoms with Gasteiger partial charge in [-0.15, -0.1) is 0 Å². The van der Waals surface area contributed by atoms with Crippen LogP contribution in [-0.2, 0) is 0 Å². The summed E-state index contributed by atoms with van der Waals surface area (Å²) >= 11 is 0. The molecule has 6 heteroatoms. The molecule has 2 aromatic rings. The lowest BCUT2D eigenvalue weighted by molar-refractivity contribution is -0.0579. The van der Waals surface area contributed by atoms with E-state index in [-0.39, 0.29) is 0 Å². The molecule has 1 aliphatic rings. The molecule has 3 rings (SSSR count). The van der Waals surface area contributed by atoms with Crippen molar-refractivity contribution in [2.45, 2.75) is 64.7 Å². The molecule has 4 atom stereocenters. The number of H-pyrrole nitrogens is 1. The Morgan fingerprint density at radius 2 is 1.82 bits per heavy atom. The molecule has 0 amide bonds. The van der Waals surface area contributed by atoms with Crippen molar-refractivity contribution < 1.29 is 10.2 Å². The van der Waals surface area contributed by atoms with Gasteiger partial charge in [0.15, 0.2) is 5.82 Å². The van der Waals surface area contributed by atoms with Crippen molar-refractivity contribution in [2.75, 3.05) is 0 Å². The number of nitrogens with zero attached hydrogens (tertiary/aromatic N) is 3. The average molecular weight is 383 g/mol. The Labute approximate surface area is 166 Å². The van der Waals surface area contributed by atoms with Gasteiger partial charge >= 0.3 is 0 Å². The van der Waals surface area contributed by atoms with Crippen molar-refractivity contribution in [1.82, 2.24) is 15.2 Å². The SMILES string of the molecule is [C-]#[N+]C(C(O)O)C(CC1C(C)CCCC1C)c1nc(-c2ccc(C)cc2)n[nH]1. The van der Waals surface area contributed by atoms with E-state index in [9.17, 15) is 10.2 Å². The zero-order valence-electron chi connectivity index (χ0n) is 16.8. The zero-order valence-corrected chi connectivity index (χ0v) is 16.8. The van der Waals surface area contributed by atoms with Gasteiger partial charge < -0.3 is 15.1 Å². The summed E-state index contributed by atoms with van der Waals surface area (Å²) in [6, 6.07) is 6.99. The van der Waals surface area contributed by atoms with E-state index in [1.54, 1.807) is 0 Å². The van der Waals surface area contributed by atoms with Gasteiger partial charge in [-0.3, -0.25) is 5.10 Å². The summed E-state index contributed by atoms with van der Waals surface area (Å²) in [6.45, 7) is 14.1. The maximum Gasteiger partial charge on any atom is 0.283 e. The first-order chi connectivity index (χ1) is 13.4. The topological polar surface area (TPSA) is 86.4 Å². The molecule has 28 heavy (non-hydrogen) atoms. The fourth-order valence-electron chi connectivity index (χ4n) is 4.56.